The van der Waals surface area contributed by atoms with Crippen molar-refractivity contribution in [2.24, 2.45) is 0 Å². The Balaban J connectivity index is 1.77. The highest BCUT2D eigenvalue weighted by molar-refractivity contribution is 5.85. The lowest BCUT2D eigenvalue weighted by Crippen LogP contribution is -2.39. The molecule has 4 aromatic rings. The average Bonchev–Trinajstić information content (AvgIpc) is 3.41. The number of hydrogen-bond donors (Lipinski definition) is 1. The van der Waals surface area contributed by atoms with Crippen LogP contribution in [-0.2, 0) is 12.6 Å². The first kappa shape index (κ1) is 26.0. The van der Waals surface area contributed by atoms with Gasteiger partial charge in [-0.25, -0.2) is 4.98 Å². The van der Waals surface area contributed by atoms with Crippen LogP contribution in [0.25, 0.3) is 16.8 Å². The molecule has 198 valence electrons. The number of benzene rings is 1. The molecule has 0 radical (unpaired) electrons. The fourth-order valence-corrected chi connectivity index (χ4v) is 3.72. The molecule has 9 nitrogen and oxygen atoms in total. The lowest BCUT2D eigenvalue weighted by Gasteiger charge is -2.22. The molecule has 0 saturated carbocycles. The van der Waals surface area contributed by atoms with Gasteiger partial charge >= 0.3 is 12.4 Å². The second kappa shape index (κ2) is 9.44. The first-order chi connectivity index (χ1) is 17.3. The molecule has 37 heavy (non-hydrogen) atoms. The molecule has 1 atom stereocenters. The molecule has 0 aliphatic carbocycles. The van der Waals surface area contributed by atoms with E-state index in [2.05, 4.69) is 30.1 Å². The van der Waals surface area contributed by atoms with Gasteiger partial charge in [-0.3, -0.25) is 0 Å². The Hall–Kier alpha value is -4.04. The Morgan fingerprint density at radius 2 is 1.76 bits per heavy atom. The van der Waals surface area contributed by atoms with Crippen LogP contribution in [0.2, 0.25) is 0 Å². The quantitative estimate of drug-likeness (QED) is 0.333. The predicted octanol–water partition coefficient (Wildman–Crippen LogP) is 5.02. The van der Waals surface area contributed by atoms with E-state index in [1.165, 1.54) is 24.8 Å². The van der Waals surface area contributed by atoms with Crippen molar-refractivity contribution in [1.29, 1.82) is 0 Å². The highest BCUT2D eigenvalue weighted by atomic mass is 19.4. The standard InChI is InChI=1S/C22H20F6N6O3/c1-10-7-16(30-15(21(23,24)25)9-17-31-20(33-37-17)22(26,27)28)34-19(29-10)18(11(2)32-34)13-6-5-12(35-3)8-14(13)36-4/h5-8,15,30H,9H2,1-4H3/t15-/m0/s1. The van der Waals surface area contributed by atoms with E-state index >= 15 is 0 Å². The van der Waals surface area contributed by atoms with E-state index in [0.29, 0.717) is 34.0 Å². The minimum absolute atomic E-state index is 0.0952. The third-order valence-corrected chi connectivity index (χ3v) is 5.39. The van der Waals surface area contributed by atoms with Crippen molar-refractivity contribution >= 4 is 11.5 Å². The van der Waals surface area contributed by atoms with Crippen molar-refractivity contribution in [3.05, 3.63) is 47.4 Å². The van der Waals surface area contributed by atoms with Crippen molar-refractivity contribution in [3.63, 3.8) is 0 Å². The maximum absolute atomic E-state index is 13.9. The molecule has 15 heteroatoms. The number of nitrogens with one attached hydrogen (secondary N) is 1. The topological polar surface area (TPSA) is 99.6 Å². The van der Waals surface area contributed by atoms with E-state index < -0.39 is 36.5 Å². The minimum Gasteiger partial charge on any atom is -0.497 e. The molecule has 0 fully saturated rings. The molecule has 1 aromatic carbocycles. The molecule has 0 amide bonds. The Bertz CT molecular complexity index is 1430. The summed E-state index contributed by atoms with van der Waals surface area (Å²) >= 11 is 0. The summed E-state index contributed by atoms with van der Waals surface area (Å²) in [5.41, 5.74) is 2.14. The highest BCUT2D eigenvalue weighted by Gasteiger charge is 2.43. The summed E-state index contributed by atoms with van der Waals surface area (Å²) in [6, 6.07) is 4.01. The van der Waals surface area contributed by atoms with Crippen LogP contribution in [0, 0.1) is 13.8 Å². The Kier molecular flexibility index (Phi) is 6.64. The Morgan fingerprint density at radius 3 is 2.35 bits per heavy atom. The number of halogens is 6. The van der Waals surface area contributed by atoms with Gasteiger partial charge < -0.3 is 19.3 Å². The Labute approximate surface area is 205 Å². The number of hydrogen-bond acceptors (Lipinski definition) is 8. The zero-order chi connectivity index (χ0) is 27.1. The van der Waals surface area contributed by atoms with Crippen molar-refractivity contribution in [2.45, 2.75) is 38.7 Å². The van der Waals surface area contributed by atoms with Gasteiger partial charge in [0.1, 0.15) is 23.4 Å². The molecule has 0 bridgehead atoms. The van der Waals surface area contributed by atoms with Gasteiger partial charge in [-0.15, -0.1) is 0 Å². The molecule has 3 heterocycles. The molecule has 3 aromatic heterocycles. The summed E-state index contributed by atoms with van der Waals surface area (Å²) in [5.74, 6) is -1.62. The Morgan fingerprint density at radius 1 is 1.03 bits per heavy atom. The number of fused-ring (bicyclic) bond motifs is 1. The number of aromatic nitrogens is 5. The smallest absolute Gasteiger partial charge is 0.455 e. The van der Waals surface area contributed by atoms with Gasteiger partial charge in [0.25, 0.3) is 5.82 Å². The molecular formula is C22H20F6N6O3. The summed E-state index contributed by atoms with van der Waals surface area (Å²) in [6.45, 7) is 3.24. The van der Waals surface area contributed by atoms with Crippen molar-refractivity contribution in [1.82, 2.24) is 24.7 Å². The second-order valence-corrected chi connectivity index (χ2v) is 8.00. The molecular weight excluding hydrogens is 510 g/mol. The second-order valence-electron chi connectivity index (χ2n) is 8.00. The van der Waals surface area contributed by atoms with Crippen LogP contribution in [0.1, 0.15) is 23.1 Å². The van der Waals surface area contributed by atoms with Gasteiger partial charge in [0.15, 0.2) is 5.65 Å². The molecule has 4 rings (SSSR count). The van der Waals surface area contributed by atoms with E-state index in [4.69, 9.17) is 9.47 Å². The number of methoxy groups -OCH3 is 2. The number of aryl methyl sites for hydroxylation is 2. The number of anilines is 1. The SMILES string of the molecule is COc1ccc(-c2c(C)nn3c(N[C@@H](Cc4nc(C(F)(F)F)no4)C(F)(F)F)cc(C)nc23)c(OC)c1. The summed E-state index contributed by atoms with van der Waals surface area (Å²) in [4.78, 5) is 7.51. The van der Waals surface area contributed by atoms with Gasteiger partial charge in [-0.05, 0) is 26.0 Å². The monoisotopic (exact) mass is 530 g/mol. The largest absolute Gasteiger partial charge is 0.497 e. The lowest BCUT2D eigenvalue weighted by molar-refractivity contribution is -0.146. The zero-order valence-corrected chi connectivity index (χ0v) is 19.8. The van der Waals surface area contributed by atoms with E-state index in [9.17, 15) is 26.3 Å². The van der Waals surface area contributed by atoms with Crippen LogP contribution in [-0.4, -0.2) is 51.2 Å². The van der Waals surface area contributed by atoms with Gasteiger partial charge in [0.2, 0.25) is 5.89 Å². The maximum Gasteiger partial charge on any atom is 0.455 e. The normalized spacial score (nSPS) is 13.1. The molecule has 0 spiro atoms. The average molecular weight is 530 g/mol. The minimum atomic E-state index is -4.96. The summed E-state index contributed by atoms with van der Waals surface area (Å²) in [5, 5.41) is 9.39. The van der Waals surface area contributed by atoms with Gasteiger partial charge in [-0.2, -0.15) is 40.9 Å². The van der Waals surface area contributed by atoms with Crippen LogP contribution in [0.3, 0.4) is 0 Å². The molecule has 0 saturated heterocycles. The third-order valence-electron chi connectivity index (χ3n) is 5.39. The number of alkyl halides is 6. The van der Waals surface area contributed by atoms with Gasteiger partial charge in [0, 0.05) is 23.4 Å². The van der Waals surface area contributed by atoms with Crippen LogP contribution in [0.4, 0.5) is 32.2 Å². The van der Waals surface area contributed by atoms with Crippen molar-refractivity contribution in [3.8, 4) is 22.6 Å². The van der Waals surface area contributed by atoms with E-state index in [0.717, 1.165) is 0 Å². The number of nitrogens with zero attached hydrogens (tertiary/aromatic N) is 5. The lowest BCUT2D eigenvalue weighted by atomic mass is 10.0. The van der Waals surface area contributed by atoms with Crippen LogP contribution >= 0.6 is 0 Å². The summed E-state index contributed by atoms with van der Waals surface area (Å²) < 4.78 is 96.3. The van der Waals surface area contributed by atoms with Crippen LogP contribution in [0.5, 0.6) is 11.5 Å². The molecule has 0 aliphatic rings. The molecule has 1 N–H and O–H groups in total. The van der Waals surface area contributed by atoms with Crippen molar-refractivity contribution in [2.75, 3.05) is 19.5 Å². The van der Waals surface area contributed by atoms with E-state index in [-0.39, 0.29) is 11.5 Å². The van der Waals surface area contributed by atoms with Crippen molar-refractivity contribution < 1.29 is 40.3 Å². The van der Waals surface area contributed by atoms with Gasteiger partial charge in [-0.1, -0.05) is 5.16 Å². The predicted molar refractivity (Wildman–Crippen MR) is 117 cm³/mol. The van der Waals surface area contributed by atoms with Crippen LogP contribution in [0.15, 0.2) is 28.8 Å². The fraction of sp³-hybridized carbons (Fsp3) is 0.364. The highest BCUT2D eigenvalue weighted by Crippen LogP contribution is 2.38. The number of rotatable bonds is 7. The third kappa shape index (κ3) is 5.24. The molecule has 0 aliphatic heterocycles. The van der Waals surface area contributed by atoms with E-state index in [1.54, 1.807) is 32.0 Å². The number of ether oxygens (including phenoxy) is 2. The molecule has 0 unspecified atom stereocenters. The first-order valence-corrected chi connectivity index (χ1v) is 10.6. The zero-order valence-electron chi connectivity index (χ0n) is 19.8. The maximum atomic E-state index is 13.9. The fourth-order valence-electron chi connectivity index (χ4n) is 3.72. The van der Waals surface area contributed by atoms with Crippen LogP contribution < -0.4 is 14.8 Å². The van der Waals surface area contributed by atoms with E-state index in [1.807, 2.05) is 0 Å². The first-order valence-electron chi connectivity index (χ1n) is 10.6. The van der Waals surface area contributed by atoms with Gasteiger partial charge in [0.05, 0.1) is 31.9 Å². The summed E-state index contributed by atoms with van der Waals surface area (Å²) in [7, 11) is 2.95. The summed E-state index contributed by atoms with van der Waals surface area (Å²) in [6.07, 6.45) is -10.9.